The number of rotatable bonds is 11. The molecular formula is C35H55N5O7. The minimum absolute atomic E-state index is 0. The molecule has 2 atom stereocenters. The molecule has 3 aromatic rings. The van der Waals surface area contributed by atoms with Gasteiger partial charge in [0.25, 0.3) is 5.91 Å². The molecule has 0 radical (unpaired) electrons. The fourth-order valence-electron chi connectivity index (χ4n) is 4.82. The monoisotopic (exact) mass is 657 g/mol. The van der Waals surface area contributed by atoms with E-state index in [0.29, 0.717) is 29.6 Å². The molecule has 2 aromatic heterocycles. The SMILES string of the molecule is CC(C)C.COc1cccc2[nH]c(C(=O)NCC(=O)N[C@@H](C[C@@H]3CCCNC3=O)C(=O)COC(=O)c3ccc(C(C)(C)C)nc3)cc12.[HH].[HH].[HH].[HH]. The normalized spacial score (nSPS) is 15.1. The van der Waals surface area contributed by atoms with Crippen molar-refractivity contribution in [2.24, 2.45) is 11.8 Å². The van der Waals surface area contributed by atoms with E-state index >= 15 is 0 Å². The molecule has 4 rings (SSSR count). The largest absolute Gasteiger partial charge is 0.496 e. The van der Waals surface area contributed by atoms with Crippen LogP contribution in [0, 0.1) is 11.8 Å². The van der Waals surface area contributed by atoms with E-state index in [4.69, 9.17) is 9.47 Å². The molecular weight excluding hydrogens is 602 g/mol. The summed E-state index contributed by atoms with van der Waals surface area (Å²) in [5.74, 6) is -1.74. The number of nitrogens with one attached hydrogen (secondary N) is 4. The van der Waals surface area contributed by atoms with E-state index in [9.17, 15) is 24.0 Å². The first-order valence-corrected chi connectivity index (χ1v) is 15.9. The second kappa shape index (κ2) is 16.7. The molecule has 4 N–H and O–H groups in total. The van der Waals surface area contributed by atoms with Gasteiger partial charge in [-0.25, -0.2) is 4.79 Å². The average Bonchev–Trinajstić information content (AvgIpc) is 3.47. The number of nitrogens with zero attached hydrogens (tertiary/aromatic N) is 1. The van der Waals surface area contributed by atoms with Crippen LogP contribution in [0.3, 0.4) is 0 Å². The van der Waals surface area contributed by atoms with Gasteiger partial charge >= 0.3 is 5.97 Å². The molecule has 1 aliphatic rings. The number of fused-ring (bicyclic) bond motifs is 1. The Bertz CT molecular complexity index is 1570. The maximum Gasteiger partial charge on any atom is 0.340 e. The Hall–Kier alpha value is -4.74. The van der Waals surface area contributed by atoms with Crippen molar-refractivity contribution >= 4 is 40.4 Å². The van der Waals surface area contributed by atoms with Crippen LogP contribution < -0.4 is 20.7 Å². The third-order valence-electron chi connectivity index (χ3n) is 7.25. The van der Waals surface area contributed by atoms with Crippen LogP contribution in [0.2, 0.25) is 0 Å². The smallest absolute Gasteiger partial charge is 0.340 e. The molecule has 0 aliphatic carbocycles. The first-order chi connectivity index (χ1) is 22.2. The Morgan fingerprint density at radius 1 is 1.11 bits per heavy atom. The van der Waals surface area contributed by atoms with Gasteiger partial charge in [-0.3, -0.25) is 24.2 Å². The molecule has 1 aliphatic heterocycles. The van der Waals surface area contributed by atoms with Gasteiger partial charge in [-0.15, -0.1) is 0 Å². The summed E-state index contributed by atoms with van der Waals surface area (Å²) >= 11 is 0. The van der Waals surface area contributed by atoms with Crippen LogP contribution in [0.25, 0.3) is 10.9 Å². The van der Waals surface area contributed by atoms with Gasteiger partial charge in [-0.05, 0) is 55.5 Å². The van der Waals surface area contributed by atoms with Crippen molar-refractivity contribution in [2.45, 2.75) is 72.3 Å². The van der Waals surface area contributed by atoms with Crippen LogP contribution in [-0.2, 0) is 24.5 Å². The number of Topliss-reactive ketones (excluding diaryl/α,β-unsaturated/α-hetero) is 1. The molecule has 1 aromatic carbocycles. The van der Waals surface area contributed by atoms with Gasteiger partial charge in [0.1, 0.15) is 11.4 Å². The van der Waals surface area contributed by atoms with Crippen LogP contribution in [0.5, 0.6) is 5.75 Å². The molecule has 12 heteroatoms. The summed E-state index contributed by atoms with van der Waals surface area (Å²) in [7, 11) is 1.53. The topological polar surface area (TPSA) is 169 Å². The lowest BCUT2D eigenvalue weighted by Gasteiger charge is -2.26. The fourth-order valence-corrected chi connectivity index (χ4v) is 4.82. The van der Waals surface area contributed by atoms with E-state index in [1.165, 1.54) is 13.3 Å². The van der Waals surface area contributed by atoms with E-state index in [-0.39, 0.29) is 34.7 Å². The molecule has 0 bridgehead atoms. The number of H-pyrrole nitrogens is 1. The molecule has 262 valence electrons. The van der Waals surface area contributed by atoms with Gasteiger partial charge in [0.2, 0.25) is 11.8 Å². The van der Waals surface area contributed by atoms with Gasteiger partial charge in [0, 0.05) is 46.4 Å². The second-order valence-corrected chi connectivity index (χ2v) is 13.2. The van der Waals surface area contributed by atoms with Crippen LogP contribution in [-0.4, -0.2) is 72.3 Å². The maximum atomic E-state index is 13.2. The number of carbonyl (C=O) groups excluding carboxylic acids is 5. The Morgan fingerprint density at radius 2 is 1.83 bits per heavy atom. The lowest BCUT2D eigenvalue weighted by molar-refractivity contribution is -0.132. The lowest BCUT2D eigenvalue weighted by atomic mass is 9.90. The van der Waals surface area contributed by atoms with Gasteiger partial charge in [0.05, 0.1) is 25.3 Å². The summed E-state index contributed by atoms with van der Waals surface area (Å²) in [5, 5.41) is 8.63. The summed E-state index contributed by atoms with van der Waals surface area (Å²) in [6, 6.07) is 9.17. The Kier molecular flexibility index (Phi) is 13.1. The minimum atomic E-state index is -1.11. The van der Waals surface area contributed by atoms with Gasteiger partial charge in [0.15, 0.2) is 12.4 Å². The van der Waals surface area contributed by atoms with E-state index in [1.54, 1.807) is 36.4 Å². The number of esters is 1. The average molecular weight is 658 g/mol. The first-order valence-electron chi connectivity index (χ1n) is 15.9. The zero-order chi connectivity index (χ0) is 34.7. The van der Waals surface area contributed by atoms with E-state index in [1.807, 2.05) is 20.8 Å². The number of aromatic nitrogens is 2. The van der Waals surface area contributed by atoms with Crippen molar-refractivity contribution in [3.63, 3.8) is 0 Å². The second-order valence-electron chi connectivity index (χ2n) is 13.2. The summed E-state index contributed by atoms with van der Waals surface area (Å²) in [6.45, 7) is 12.0. The minimum Gasteiger partial charge on any atom is -0.496 e. The first kappa shape index (κ1) is 36.7. The lowest BCUT2D eigenvalue weighted by Crippen LogP contribution is -2.49. The summed E-state index contributed by atoms with van der Waals surface area (Å²) < 4.78 is 10.6. The number of ketones is 1. The predicted molar refractivity (Wildman–Crippen MR) is 187 cm³/mol. The molecule has 12 nitrogen and oxygen atoms in total. The number of hydrogen-bond donors (Lipinski definition) is 4. The zero-order valence-electron chi connectivity index (χ0n) is 28.3. The molecule has 1 fully saturated rings. The Labute approximate surface area is 281 Å². The van der Waals surface area contributed by atoms with Gasteiger partial charge in [-0.2, -0.15) is 0 Å². The molecule has 0 unspecified atom stereocenters. The van der Waals surface area contributed by atoms with Crippen molar-refractivity contribution in [2.75, 3.05) is 26.8 Å². The molecule has 47 heavy (non-hydrogen) atoms. The van der Waals surface area contributed by atoms with E-state index in [0.717, 1.165) is 18.0 Å². The molecule has 3 heterocycles. The predicted octanol–water partition coefficient (Wildman–Crippen LogP) is 5.07. The van der Waals surface area contributed by atoms with Crippen molar-refractivity contribution in [3.05, 3.63) is 59.5 Å². The molecule has 0 saturated carbocycles. The van der Waals surface area contributed by atoms with Crippen molar-refractivity contribution < 1.29 is 39.2 Å². The van der Waals surface area contributed by atoms with Gasteiger partial charge in [-0.1, -0.05) is 47.6 Å². The number of benzene rings is 1. The van der Waals surface area contributed by atoms with E-state index < -0.39 is 48.7 Å². The van der Waals surface area contributed by atoms with Crippen LogP contribution in [0.15, 0.2) is 42.6 Å². The highest BCUT2D eigenvalue weighted by molar-refractivity contribution is 6.01. The van der Waals surface area contributed by atoms with Crippen LogP contribution >= 0.6 is 0 Å². The highest BCUT2D eigenvalue weighted by Crippen LogP contribution is 2.26. The highest BCUT2D eigenvalue weighted by atomic mass is 16.5. The summed E-state index contributed by atoms with van der Waals surface area (Å²) in [4.78, 5) is 71.0. The third-order valence-corrected chi connectivity index (χ3v) is 7.25. The number of aromatic amines is 1. The summed E-state index contributed by atoms with van der Waals surface area (Å²) in [6.07, 6.45) is 2.72. The standard InChI is InChI=1S/C31H37N5O7.C4H10.4H2/c1-31(2,3)26-11-10-19(15-33-26)30(41)43-17-24(37)22(13-18-7-6-12-32-28(18)39)36-27(38)16-34-29(40)23-14-20-21(35-23)8-5-9-25(20)42-4;1-4(2)3;;;;/h5,8-11,14-15,18,22,35H,6-7,12-13,16-17H2,1-4H3,(H,32,39)(H,34,40)(H,36,38);4H,1-3H3;4*1H/t18-,22-;;;;;/m0...../s1. The molecule has 0 spiro atoms. The quantitative estimate of drug-likeness (QED) is 0.207. The third kappa shape index (κ3) is 10.9. The Morgan fingerprint density at radius 3 is 2.45 bits per heavy atom. The Balaban J connectivity index is 0. The zero-order valence-corrected chi connectivity index (χ0v) is 28.3. The van der Waals surface area contributed by atoms with Crippen molar-refractivity contribution in [1.29, 1.82) is 0 Å². The number of hydrogen-bond acceptors (Lipinski definition) is 8. The van der Waals surface area contributed by atoms with Crippen molar-refractivity contribution in [3.8, 4) is 5.75 Å². The number of ether oxygens (including phenoxy) is 2. The highest BCUT2D eigenvalue weighted by Gasteiger charge is 2.31. The van der Waals surface area contributed by atoms with Crippen molar-refractivity contribution in [1.82, 2.24) is 25.9 Å². The molecule has 1 saturated heterocycles. The number of pyridine rings is 1. The number of piperidine rings is 1. The number of carbonyl (C=O) groups is 5. The van der Waals surface area contributed by atoms with Crippen LogP contribution in [0.4, 0.5) is 0 Å². The number of methoxy groups -OCH3 is 1. The van der Waals surface area contributed by atoms with Gasteiger partial charge < -0.3 is 30.4 Å². The maximum absolute atomic E-state index is 13.2. The number of amides is 3. The van der Waals surface area contributed by atoms with Crippen LogP contribution in [0.1, 0.15) is 93.1 Å². The molecule has 3 amide bonds. The van der Waals surface area contributed by atoms with E-state index in [2.05, 4.69) is 46.7 Å². The fraction of sp³-hybridized carbons (Fsp3) is 0.486. The summed E-state index contributed by atoms with van der Waals surface area (Å²) in [5.41, 5.74) is 1.71.